The largest absolute Gasteiger partial charge is 0.295 e. The Morgan fingerprint density at radius 3 is 3.08 bits per heavy atom. The van der Waals surface area contributed by atoms with Crippen LogP contribution in [0.4, 0.5) is 5.82 Å². The number of fused-ring (bicyclic) bond motifs is 1. The van der Waals surface area contributed by atoms with E-state index in [0.717, 1.165) is 31.7 Å². The van der Waals surface area contributed by atoms with Gasteiger partial charge in [0.15, 0.2) is 0 Å². The van der Waals surface area contributed by atoms with Crippen molar-refractivity contribution in [2.75, 3.05) is 11.4 Å². The molecule has 1 aromatic heterocycles. The Morgan fingerprint density at radius 2 is 2.31 bits per heavy atom. The summed E-state index contributed by atoms with van der Waals surface area (Å²) in [6, 6.07) is 1.91. The first-order chi connectivity index (χ1) is 6.36. The molecule has 1 aliphatic heterocycles. The summed E-state index contributed by atoms with van der Waals surface area (Å²) in [7, 11) is 0. The Hall–Kier alpha value is -1.32. The molecule has 0 atom stereocenters. The number of carbonyl (C=O) groups excluding carboxylic acids is 1. The number of carbonyl (C=O) groups is 1. The molecule has 0 bridgehead atoms. The second-order valence-electron chi connectivity index (χ2n) is 3.68. The van der Waals surface area contributed by atoms with E-state index in [9.17, 15) is 4.79 Å². The number of hydrogen-bond acceptors (Lipinski definition) is 2. The van der Waals surface area contributed by atoms with Gasteiger partial charge in [-0.1, -0.05) is 0 Å². The van der Waals surface area contributed by atoms with Crippen molar-refractivity contribution in [1.29, 1.82) is 0 Å². The average Bonchev–Trinajstić information content (AvgIpc) is 2.73. The van der Waals surface area contributed by atoms with Gasteiger partial charge in [-0.3, -0.25) is 9.69 Å². The third kappa shape index (κ3) is 0.978. The summed E-state index contributed by atoms with van der Waals surface area (Å²) < 4.78 is 1.89. The van der Waals surface area contributed by atoms with Gasteiger partial charge < -0.3 is 0 Å². The molecule has 0 saturated heterocycles. The van der Waals surface area contributed by atoms with E-state index in [1.807, 2.05) is 15.6 Å². The minimum absolute atomic E-state index is 0.291. The van der Waals surface area contributed by atoms with Crippen molar-refractivity contribution in [3.05, 3.63) is 12.3 Å². The molecule has 1 fully saturated rings. The lowest BCUT2D eigenvalue weighted by Crippen LogP contribution is -2.30. The first-order valence-electron chi connectivity index (χ1n) is 4.69. The summed E-state index contributed by atoms with van der Waals surface area (Å²) in [6.07, 6.45) is 3.90. The van der Waals surface area contributed by atoms with Crippen molar-refractivity contribution >= 4 is 11.7 Å². The zero-order valence-corrected chi connectivity index (χ0v) is 7.31. The Morgan fingerprint density at radius 1 is 1.46 bits per heavy atom. The lowest BCUT2D eigenvalue weighted by molar-refractivity contribution is -0.119. The fourth-order valence-corrected chi connectivity index (χ4v) is 1.81. The van der Waals surface area contributed by atoms with Crippen LogP contribution in [-0.4, -0.2) is 22.2 Å². The average molecular weight is 177 g/mol. The Bertz CT molecular complexity index is 353. The molecule has 4 nitrogen and oxygen atoms in total. The minimum Gasteiger partial charge on any atom is -0.295 e. The topological polar surface area (TPSA) is 38.1 Å². The highest BCUT2D eigenvalue weighted by atomic mass is 16.2. The van der Waals surface area contributed by atoms with E-state index in [2.05, 4.69) is 5.10 Å². The summed E-state index contributed by atoms with van der Waals surface area (Å²) in [6.45, 7) is 1.65. The van der Waals surface area contributed by atoms with Crippen LogP contribution in [0.2, 0.25) is 0 Å². The zero-order valence-electron chi connectivity index (χ0n) is 7.31. The number of amides is 1. The van der Waals surface area contributed by atoms with Crippen LogP contribution in [0.3, 0.4) is 0 Å². The molecule has 0 aromatic carbocycles. The van der Waals surface area contributed by atoms with Crippen molar-refractivity contribution in [1.82, 2.24) is 9.78 Å². The maximum atomic E-state index is 11.8. The Balaban J connectivity index is 1.90. The molecule has 0 radical (unpaired) electrons. The molecule has 1 aromatic rings. The number of rotatable bonds is 1. The van der Waals surface area contributed by atoms with Crippen LogP contribution in [0.15, 0.2) is 12.3 Å². The van der Waals surface area contributed by atoms with E-state index in [1.54, 1.807) is 6.20 Å². The molecule has 1 saturated carbocycles. The first-order valence-corrected chi connectivity index (χ1v) is 4.69. The van der Waals surface area contributed by atoms with Gasteiger partial charge in [-0.05, 0) is 12.8 Å². The van der Waals surface area contributed by atoms with Gasteiger partial charge in [0, 0.05) is 18.5 Å². The normalized spacial score (nSPS) is 20.5. The van der Waals surface area contributed by atoms with Crippen LogP contribution in [0, 0.1) is 5.92 Å². The van der Waals surface area contributed by atoms with Crippen molar-refractivity contribution in [2.24, 2.45) is 5.92 Å². The van der Waals surface area contributed by atoms with Crippen LogP contribution in [0.1, 0.15) is 12.8 Å². The maximum absolute atomic E-state index is 11.8. The quantitative estimate of drug-likeness (QED) is 0.631. The fourth-order valence-electron chi connectivity index (χ4n) is 1.81. The molecule has 0 spiro atoms. The molecule has 2 aliphatic rings. The summed E-state index contributed by atoms with van der Waals surface area (Å²) >= 11 is 0. The van der Waals surface area contributed by atoms with Crippen LogP contribution >= 0.6 is 0 Å². The highest BCUT2D eigenvalue weighted by molar-refractivity contribution is 5.96. The lowest BCUT2D eigenvalue weighted by Gasteiger charge is -2.13. The second-order valence-corrected chi connectivity index (χ2v) is 3.68. The fraction of sp³-hybridized carbons (Fsp3) is 0.556. The molecule has 1 aliphatic carbocycles. The monoisotopic (exact) mass is 177 g/mol. The summed E-state index contributed by atoms with van der Waals surface area (Å²) in [5.41, 5.74) is 0. The molecule has 4 heteroatoms. The van der Waals surface area contributed by atoms with Gasteiger partial charge in [0.1, 0.15) is 5.82 Å². The SMILES string of the molecule is O=C(C1CC1)N1CCn2nccc21. The number of nitrogens with zero attached hydrogens (tertiary/aromatic N) is 3. The molecule has 68 valence electrons. The van der Waals surface area contributed by atoms with E-state index < -0.39 is 0 Å². The van der Waals surface area contributed by atoms with E-state index in [0.29, 0.717) is 11.8 Å². The Labute approximate surface area is 76.1 Å². The molecular formula is C9H11N3O. The van der Waals surface area contributed by atoms with Gasteiger partial charge in [-0.25, -0.2) is 4.68 Å². The molecular weight excluding hydrogens is 166 g/mol. The van der Waals surface area contributed by atoms with Crippen molar-refractivity contribution in [3.63, 3.8) is 0 Å². The van der Waals surface area contributed by atoms with Crippen molar-refractivity contribution < 1.29 is 4.79 Å². The van der Waals surface area contributed by atoms with Crippen LogP contribution in [0.5, 0.6) is 0 Å². The third-order valence-electron chi connectivity index (χ3n) is 2.70. The Kier molecular flexibility index (Phi) is 1.28. The predicted molar refractivity (Wildman–Crippen MR) is 47.3 cm³/mol. The highest BCUT2D eigenvalue weighted by Gasteiger charge is 2.36. The van der Waals surface area contributed by atoms with E-state index in [1.165, 1.54) is 0 Å². The standard InChI is InChI=1S/C9H11N3O/c13-9(7-1-2-7)11-5-6-12-8(11)3-4-10-12/h3-4,7H,1-2,5-6H2. The second kappa shape index (κ2) is 2.34. The smallest absolute Gasteiger partial charge is 0.231 e. The first kappa shape index (κ1) is 7.12. The molecule has 0 unspecified atom stereocenters. The molecule has 13 heavy (non-hydrogen) atoms. The predicted octanol–water partition coefficient (Wildman–Crippen LogP) is 0.640. The molecule has 3 rings (SSSR count). The number of aromatic nitrogens is 2. The number of anilines is 1. The van der Waals surface area contributed by atoms with Crippen LogP contribution in [-0.2, 0) is 11.3 Å². The van der Waals surface area contributed by atoms with Gasteiger partial charge in [0.2, 0.25) is 5.91 Å². The summed E-state index contributed by atoms with van der Waals surface area (Å²) in [4.78, 5) is 13.6. The zero-order chi connectivity index (χ0) is 8.84. The van der Waals surface area contributed by atoms with Gasteiger partial charge >= 0.3 is 0 Å². The highest BCUT2D eigenvalue weighted by Crippen LogP contribution is 2.33. The maximum Gasteiger partial charge on any atom is 0.231 e. The van der Waals surface area contributed by atoms with E-state index in [4.69, 9.17) is 0 Å². The van der Waals surface area contributed by atoms with Crippen molar-refractivity contribution in [3.8, 4) is 0 Å². The molecule has 1 amide bonds. The third-order valence-corrected chi connectivity index (χ3v) is 2.70. The minimum atomic E-state index is 0.291. The molecule has 0 N–H and O–H groups in total. The summed E-state index contributed by atoms with van der Waals surface area (Å²) in [5.74, 6) is 1.57. The molecule has 2 heterocycles. The van der Waals surface area contributed by atoms with E-state index in [-0.39, 0.29) is 0 Å². The number of hydrogen-bond donors (Lipinski definition) is 0. The lowest BCUT2D eigenvalue weighted by atomic mass is 10.3. The van der Waals surface area contributed by atoms with Gasteiger partial charge in [-0.15, -0.1) is 0 Å². The van der Waals surface area contributed by atoms with E-state index >= 15 is 0 Å². The van der Waals surface area contributed by atoms with Gasteiger partial charge in [0.25, 0.3) is 0 Å². The van der Waals surface area contributed by atoms with Crippen molar-refractivity contribution in [2.45, 2.75) is 19.4 Å². The van der Waals surface area contributed by atoms with Crippen LogP contribution < -0.4 is 4.90 Å². The van der Waals surface area contributed by atoms with Crippen LogP contribution in [0.25, 0.3) is 0 Å². The summed E-state index contributed by atoms with van der Waals surface area (Å²) in [5, 5.41) is 4.13. The van der Waals surface area contributed by atoms with Gasteiger partial charge in [0.05, 0.1) is 12.7 Å². The van der Waals surface area contributed by atoms with Gasteiger partial charge in [-0.2, -0.15) is 5.10 Å².